The van der Waals surface area contributed by atoms with E-state index in [1.54, 1.807) is 0 Å². The minimum absolute atomic E-state index is 0.227. The summed E-state index contributed by atoms with van der Waals surface area (Å²) in [6.07, 6.45) is 0. The number of hydrogen-bond acceptors (Lipinski definition) is 4. The van der Waals surface area contributed by atoms with Crippen molar-refractivity contribution in [1.29, 1.82) is 0 Å². The van der Waals surface area contributed by atoms with Crippen molar-refractivity contribution in [2.24, 2.45) is 0 Å². The van der Waals surface area contributed by atoms with Crippen LogP contribution in [0.1, 0.15) is 31.0 Å². The minimum Gasteiger partial charge on any atom is -0.454 e. The summed E-state index contributed by atoms with van der Waals surface area (Å²) in [7, 11) is 0. The molecule has 1 aromatic carbocycles. The first-order valence-corrected chi connectivity index (χ1v) is 7.78. The fraction of sp³-hybridized carbons (Fsp3) is 0.333. The molecule has 0 radical (unpaired) electrons. The van der Waals surface area contributed by atoms with Crippen molar-refractivity contribution in [3.05, 3.63) is 33.0 Å². The average molecular weight is 370 g/mol. The zero-order valence-corrected chi connectivity index (χ0v) is 14.2. The molecule has 0 atom stereocenters. The third kappa shape index (κ3) is 2.60. The topological polar surface area (TPSA) is 44.2 Å². The van der Waals surface area contributed by atoms with Crippen molar-refractivity contribution in [3.63, 3.8) is 0 Å². The second-order valence-electron chi connectivity index (χ2n) is 5.18. The van der Waals surface area contributed by atoms with Crippen LogP contribution in [-0.4, -0.2) is 16.8 Å². The lowest BCUT2D eigenvalue weighted by Crippen LogP contribution is -2.02. The van der Waals surface area contributed by atoms with E-state index < -0.39 is 0 Å². The molecule has 0 unspecified atom stereocenters. The van der Waals surface area contributed by atoms with Crippen LogP contribution in [0.5, 0.6) is 11.5 Å². The Kier molecular flexibility index (Phi) is 3.80. The van der Waals surface area contributed by atoms with Crippen molar-refractivity contribution >= 4 is 27.5 Å². The molecule has 0 aliphatic carbocycles. The van der Waals surface area contributed by atoms with Crippen LogP contribution in [0.2, 0.25) is 5.15 Å². The Bertz CT molecular complexity index is 696. The van der Waals surface area contributed by atoms with Crippen LogP contribution in [0, 0.1) is 6.92 Å². The molecule has 0 amide bonds. The van der Waals surface area contributed by atoms with Crippen molar-refractivity contribution in [2.45, 2.75) is 26.7 Å². The van der Waals surface area contributed by atoms with E-state index >= 15 is 0 Å². The summed E-state index contributed by atoms with van der Waals surface area (Å²) in [6.45, 7) is 6.33. The first kappa shape index (κ1) is 14.6. The quantitative estimate of drug-likeness (QED) is 0.718. The van der Waals surface area contributed by atoms with E-state index in [1.165, 1.54) is 0 Å². The molecule has 0 N–H and O–H groups in total. The van der Waals surface area contributed by atoms with Gasteiger partial charge in [-0.2, -0.15) is 0 Å². The zero-order chi connectivity index (χ0) is 15.1. The maximum Gasteiger partial charge on any atom is 0.231 e. The highest BCUT2D eigenvalue weighted by molar-refractivity contribution is 9.10. The van der Waals surface area contributed by atoms with Crippen LogP contribution < -0.4 is 9.47 Å². The van der Waals surface area contributed by atoms with Crippen LogP contribution >= 0.6 is 27.5 Å². The summed E-state index contributed by atoms with van der Waals surface area (Å²) in [5.74, 6) is 2.26. The number of benzene rings is 1. The fourth-order valence-corrected chi connectivity index (χ4v) is 3.42. The molecule has 0 fully saturated rings. The number of nitrogens with zero attached hydrogens (tertiary/aromatic N) is 2. The number of aromatic nitrogens is 2. The van der Waals surface area contributed by atoms with Crippen molar-refractivity contribution in [3.8, 4) is 22.9 Å². The number of ether oxygens (including phenoxy) is 2. The smallest absolute Gasteiger partial charge is 0.231 e. The van der Waals surface area contributed by atoms with E-state index in [0.717, 1.165) is 21.3 Å². The largest absolute Gasteiger partial charge is 0.454 e. The first-order chi connectivity index (χ1) is 9.97. The Morgan fingerprint density at radius 3 is 2.67 bits per heavy atom. The van der Waals surface area contributed by atoms with Gasteiger partial charge in [0.25, 0.3) is 0 Å². The molecule has 2 heterocycles. The van der Waals surface area contributed by atoms with E-state index in [2.05, 4.69) is 39.7 Å². The Hall–Kier alpha value is -1.33. The van der Waals surface area contributed by atoms with Crippen LogP contribution in [0.15, 0.2) is 16.6 Å². The highest BCUT2D eigenvalue weighted by atomic mass is 79.9. The molecule has 0 saturated heterocycles. The molecular formula is C15H14BrClN2O2. The normalized spacial score (nSPS) is 13.0. The summed E-state index contributed by atoms with van der Waals surface area (Å²) in [5, 5.41) is 0.501. The number of aryl methyl sites for hydroxylation is 1. The lowest BCUT2D eigenvalue weighted by Gasteiger charge is -2.12. The molecule has 1 aliphatic rings. The Labute approximate surface area is 136 Å². The van der Waals surface area contributed by atoms with Gasteiger partial charge in [0.2, 0.25) is 6.79 Å². The molecule has 0 saturated carbocycles. The lowest BCUT2D eigenvalue weighted by molar-refractivity contribution is 0.173. The van der Waals surface area contributed by atoms with E-state index in [0.29, 0.717) is 22.5 Å². The molecule has 0 bridgehead atoms. The van der Waals surface area contributed by atoms with Gasteiger partial charge in [0, 0.05) is 16.8 Å². The van der Waals surface area contributed by atoms with Crippen molar-refractivity contribution in [2.75, 3.05) is 6.79 Å². The molecule has 1 aliphatic heterocycles. The van der Waals surface area contributed by atoms with Gasteiger partial charge in [-0.15, -0.1) is 0 Å². The van der Waals surface area contributed by atoms with Crippen LogP contribution in [0.3, 0.4) is 0 Å². The van der Waals surface area contributed by atoms with Crippen LogP contribution in [0.4, 0.5) is 0 Å². The molecule has 6 heteroatoms. The third-order valence-corrected chi connectivity index (χ3v) is 4.23. The van der Waals surface area contributed by atoms with Gasteiger partial charge in [-0.1, -0.05) is 25.4 Å². The minimum atomic E-state index is 0.227. The summed E-state index contributed by atoms with van der Waals surface area (Å²) in [6, 6.07) is 3.78. The Morgan fingerprint density at radius 2 is 2.00 bits per heavy atom. The second kappa shape index (κ2) is 5.46. The molecular weight excluding hydrogens is 356 g/mol. The number of rotatable bonds is 2. The molecule has 3 rings (SSSR count). The van der Waals surface area contributed by atoms with Gasteiger partial charge in [-0.05, 0) is 40.9 Å². The van der Waals surface area contributed by atoms with Crippen molar-refractivity contribution in [1.82, 2.24) is 9.97 Å². The second-order valence-corrected chi connectivity index (χ2v) is 6.40. The van der Waals surface area contributed by atoms with Crippen LogP contribution in [0.25, 0.3) is 11.4 Å². The van der Waals surface area contributed by atoms with Gasteiger partial charge in [0.15, 0.2) is 17.3 Å². The summed E-state index contributed by atoms with van der Waals surface area (Å²) < 4.78 is 11.6. The lowest BCUT2D eigenvalue weighted by atomic mass is 10.0. The third-order valence-electron chi connectivity index (χ3n) is 3.35. The fourth-order valence-electron chi connectivity index (χ4n) is 2.43. The van der Waals surface area contributed by atoms with E-state index in [4.69, 9.17) is 21.1 Å². The monoisotopic (exact) mass is 368 g/mol. The van der Waals surface area contributed by atoms with Gasteiger partial charge in [0.05, 0.1) is 4.47 Å². The zero-order valence-electron chi connectivity index (χ0n) is 11.9. The predicted molar refractivity (Wildman–Crippen MR) is 85.1 cm³/mol. The SMILES string of the molecule is Cc1nc(-c2cc(Br)c3c(c2)OCO3)nc(Cl)c1C(C)C. The molecule has 1 aromatic heterocycles. The van der Waals surface area contributed by atoms with Gasteiger partial charge in [-0.25, -0.2) is 9.97 Å². The van der Waals surface area contributed by atoms with Crippen molar-refractivity contribution < 1.29 is 9.47 Å². The first-order valence-electron chi connectivity index (χ1n) is 6.61. The molecule has 0 spiro atoms. The number of hydrogen-bond donors (Lipinski definition) is 0. The van der Waals surface area contributed by atoms with E-state index in [9.17, 15) is 0 Å². The van der Waals surface area contributed by atoms with Gasteiger partial charge >= 0.3 is 0 Å². The standard InChI is InChI=1S/C15H14BrClN2O2/c1-7(2)12-8(3)18-15(19-14(12)17)9-4-10(16)13-11(5-9)20-6-21-13/h4-5,7H,6H2,1-3H3. The Morgan fingerprint density at radius 1 is 1.24 bits per heavy atom. The average Bonchev–Trinajstić information content (AvgIpc) is 2.86. The highest BCUT2D eigenvalue weighted by Gasteiger charge is 2.20. The summed E-state index contributed by atoms with van der Waals surface area (Å²) in [5.41, 5.74) is 2.72. The summed E-state index contributed by atoms with van der Waals surface area (Å²) >= 11 is 9.79. The molecule has 21 heavy (non-hydrogen) atoms. The number of halogens is 2. The predicted octanol–water partition coefficient (Wildman–Crippen LogP) is 4.72. The summed E-state index contributed by atoms with van der Waals surface area (Å²) in [4.78, 5) is 9.01. The molecule has 4 nitrogen and oxygen atoms in total. The van der Waals surface area contributed by atoms with E-state index in [-0.39, 0.29) is 12.7 Å². The number of fused-ring (bicyclic) bond motifs is 1. The highest BCUT2D eigenvalue weighted by Crippen LogP contribution is 2.42. The Balaban J connectivity index is 2.12. The van der Waals surface area contributed by atoms with Crippen LogP contribution in [-0.2, 0) is 0 Å². The molecule has 2 aromatic rings. The maximum atomic E-state index is 6.32. The van der Waals surface area contributed by atoms with Gasteiger partial charge < -0.3 is 9.47 Å². The maximum absolute atomic E-state index is 6.32. The van der Waals surface area contributed by atoms with Gasteiger partial charge in [0.1, 0.15) is 5.15 Å². The molecule has 110 valence electrons. The van der Waals surface area contributed by atoms with E-state index in [1.807, 2.05) is 19.1 Å². The van der Waals surface area contributed by atoms with Gasteiger partial charge in [-0.3, -0.25) is 0 Å².